The first-order valence-electron chi connectivity index (χ1n) is 5.60. The van der Waals surface area contributed by atoms with Crippen molar-refractivity contribution in [2.45, 2.75) is 46.1 Å². The number of hydrogen-bond donors (Lipinski definition) is 1. The third-order valence-corrected chi connectivity index (χ3v) is 2.44. The van der Waals surface area contributed by atoms with Crippen LogP contribution < -0.4 is 5.73 Å². The number of rotatable bonds is 4. The highest BCUT2D eigenvalue weighted by atomic mass is 15.2. The van der Waals surface area contributed by atoms with Crippen molar-refractivity contribution in [3.05, 3.63) is 18.0 Å². The minimum absolute atomic E-state index is 0.296. The Hall–Kier alpha value is -0.830. The van der Waals surface area contributed by atoms with Gasteiger partial charge in [-0.05, 0) is 30.2 Å². The molecule has 0 aliphatic rings. The average molecular weight is 209 g/mol. The summed E-state index contributed by atoms with van der Waals surface area (Å²) in [6.45, 7) is 6.70. The summed E-state index contributed by atoms with van der Waals surface area (Å²) in [5.41, 5.74) is 7.69. The van der Waals surface area contributed by atoms with Gasteiger partial charge in [-0.1, -0.05) is 20.8 Å². The van der Waals surface area contributed by atoms with E-state index < -0.39 is 0 Å². The largest absolute Gasteiger partial charge is 0.328 e. The van der Waals surface area contributed by atoms with Crippen LogP contribution in [0.2, 0.25) is 0 Å². The highest BCUT2D eigenvalue weighted by Crippen LogP contribution is 2.21. The van der Waals surface area contributed by atoms with E-state index in [1.165, 1.54) is 5.56 Å². The number of nitrogens with two attached hydrogens (primary N) is 1. The standard InChI is InChI=1S/C12H23N3/c1-12(2,3)7-11(13)6-5-10-8-14-15(4)9-10/h8-9,11H,5-7,13H2,1-4H3. The fraction of sp³-hybridized carbons (Fsp3) is 0.750. The third kappa shape index (κ3) is 4.98. The molecule has 0 saturated heterocycles. The highest BCUT2D eigenvalue weighted by molar-refractivity contribution is 5.03. The molecule has 3 heteroatoms. The van der Waals surface area contributed by atoms with Crippen LogP contribution in [0.25, 0.3) is 0 Å². The molecule has 0 bridgehead atoms. The molecule has 1 unspecified atom stereocenters. The molecule has 1 aromatic rings. The van der Waals surface area contributed by atoms with E-state index in [-0.39, 0.29) is 0 Å². The van der Waals surface area contributed by atoms with Crippen molar-refractivity contribution in [1.29, 1.82) is 0 Å². The van der Waals surface area contributed by atoms with E-state index >= 15 is 0 Å². The minimum atomic E-state index is 0.296. The number of hydrogen-bond acceptors (Lipinski definition) is 2. The molecule has 1 rings (SSSR count). The van der Waals surface area contributed by atoms with Crippen LogP contribution in [0.5, 0.6) is 0 Å². The van der Waals surface area contributed by atoms with Crippen LogP contribution in [0.4, 0.5) is 0 Å². The zero-order chi connectivity index (χ0) is 11.5. The van der Waals surface area contributed by atoms with Crippen molar-refractivity contribution in [1.82, 2.24) is 9.78 Å². The van der Waals surface area contributed by atoms with Crippen LogP contribution >= 0.6 is 0 Å². The Balaban J connectivity index is 2.31. The molecule has 2 N–H and O–H groups in total. The number of aromatic nitrogens is 2. The Morgan fingerprint density at radius 1 is 1.47 bits per heavy atom. The predicted molar refractivity (Wildman–Crippen MR) is 63.6 cm³/mol. The van der Waals surface area contributed by atoms with Gasteiger partial charge in [0.2, 0.25) is 0 Å². The maximum absolute atomic E-state index is 6.09. The fourth-order valence-corrected chi connectivity index (χ4v) is 1.84. The van der Waals surface area contributed by atoms with Crippen molar-refractivity contribution >= 4 is 0 Å². The van der Waals surface area contributed by atoms with Gasteiger partial charge in [0, 0.05) is 19.3 Å². The molecule has 0 aliphatic heterocycles. The topological polar surface area (TPSA) is 43.8 Å². The Morgan fingerprint density at radius 2 is 2.13 bits per heavy atom. The second-order valence-electron chi connectivity index (χ2n) is 5.59. The summed E-state index contributed by atoms with van der Waals surface area (Å²) in [6.07, 6.45) is 7.13. The van der Waals surface area contributed by atoms with Crippen molar-refractivity contribution in [3.8, 4) is 0 Å². The van der Waals surface area contributed by atoms with Gasteiger partial charge in [0.25, 0.3) is 0 Å². The second kappa shape index (κ2) is 4.79. The molecule has 0 amide bonds. The Kier molecular flexibility index (Phi) is 3.91. The van der Waals surface area contributed by atoms with Crippen LogP contribution in [0, 0.1) is 5.41 Å². The van der Waals surface area contributed by atoms with Crippen LogP contribution in [0.3, 0.4) is 0 Å². The summed E-state index contributed by atoms with van der Waals surface area (Å²) in [5.74, 6) is 0. The molecule has 0 saturated carbocycles. The van der Waals surface area contributed by atoms with E-state index in [9.17, 15) is 0 Å². The summed E-state index contributed by atoms with van der Waals surface area (Å²) in [6, 6.07) is 0.296. The van der Waals surface area contributed by atoms with E-state index in [2.05, 4.69) is 32.1 Å². The molecule has 1 heterocycles. The summed E-state index contributed by atoms with van der Waals surface area (Å²) >= 11 is 0. The van der Waals surface area contributed by atoms with Gasteiger partial charge in [-0.2, -0.15) is 5.10 Å². The Bertz CT molecular complexity index is 296. The molecule has 0 aromatic carbocycles. The molecule has 0 aliphatic carbocycles. The van der Waals surface area contributed by atoms with Crippen LogP contribution in [-0.4, -0.2) is 15.8 Å². The maximum atomic E-state index is 6.09. The van der Waals surface area contributed by atoms with Crippen molar-refractivity contribution in [3.63, 3.8) is 0 Å². The summed E-state index contributed by atoms with van der Waals surface area (Å²) in [5, 5.41) is 4.15. The van der Waals surface area contributed by atoms with Gasteiger partial charge in [-0.15, -0.1) is 0 Å². The highest BCUT2D eigenvalue weighted by Gasteiger charge is 2.15. The van der Waals surface area contributed by atoms with Gasteiger partial charge in [0.1, 0.15) is 0 Å². The van der Waals surface area contributed by atoms with Crippen molar-refractivity contribution < 1.29 is 0 Å². The minimum Gasteiger partial charge on any atom is -0.328 e. The molecule has 86 valence electrons. The molecule has 0 spiro atoms. The van der Waals surface area contributed by atoms with Gasteiger partial charge in [-0.3, -0.25) is 4.68 Å². The van der Waals surface area contributed by atoms with Gasteiger partial charge in [0.15, 0.2) is 0 Å². The average Bonchev–Trinajstić information content (AvgIpc) is 2.45. The monoisotopic (exact) mass is 209 g/mol. The first-order chi connectivity index (χ1) is 6.87. The molecule has 1 atom stereocenters. The predicted octanol–water partition coefficient (Wildman–Crippen LogP) is 2.12. The van der Waals surface area contributed by atoms with E-state index in [1.807, 2.05) is 17.9 Å². The van der Waals surface area contributed by atoms with E-state index in [4.69, 9.17) is 5.73 Å². The quantitative estimate of drug-likeness (QED) is 0.825. The number of aryl methyl sites for hydroxylation is 2. The van der Waals surface area contributed by atoms with E-state index in [0.29, 0.717) is 11.5 Å². The lowest BCUT2D eigenvalue weighted by atomic mass is 9.86. The first-order valence-corrected chi connectivity index (χ1v) is 5.60. The van der Waals surface area contributed by atoms with Gasteiger partial charge in [-0.25, -0.2) is 0 Å². The number of nitrogens with zero attached hydrogens (tertiary/aromatic N) is 2. The smallest absolute Gasteiger partial charge is 0.0521 e. The summed E-state index contributed by atoms with van der Waals surface area (Å²) in [7, 11) is 1.94. The Labute approximate surface area is 92.7 Å². The molecule has 0 fully saturated rings. The van der Waals surface area contributed by atoms with Crippen molar-refractivity contribution in [2.24, 2.45) is 18.2 Å². The molecular formula is C12H23N3. The van der Waals surface area contributed by atoms with Crippen LogP contribution in [0.15, 0.2) is 12.4 Å². The molecule has 3 nitrogen and oxygen atoms in total. The Morgan fingerprint density at radius 3 is 2.60 bits per heavy atom. The summed E-state index contributed by atoms with van der Waals surface area (Å²) in [4.78, 5) is 0. The van der Waals surface area contributed by atoms with Crippen molar-refractivity contribution in [2.75, 3.05) is 0 Å². The third-order valence-electron chi connectivity index (χ3n) is 2.44. The van der Waals surface area contributed by atoms with Gasteiger partial charge >= 0.3 is 0 Å². The zero-order valence-corrected chi connectivity index (χ0v) is 10.3. The van der Waals surface area contributed by atoms with Gasteiger partial charge in [0.05, 0.1) is 6.20 Å². The summed E-state index contributed by atoms with van der Waals surface area (Å²) < 4.78 is 1.84. The first kappa shape index (κ1) is 12.2. The second-order valence-corrected chi connectivity index (χ2v) is 5.59. The fourth-order valence-electron chi connectivity index (χ4n) is 1.84. The maximum Gasteiger partial charge on any atom is 0.0521 e. The lowest BCUT2D eigenvalue weighted by Gasteiger charge is -2.22. The van der Waals surface area contributed by atoms with E-state index in [1.54, 1.807) is 0 Å². The normalized spacial score (nSPS) is 14.2. The molecule has 15 heavy (non-hydrogen) atoms. The van der Waals surface area contributed by atoms with E-state index in [0.717, 1.165) is 19.3 Å². The molecule has 1 aromatic heterocycles. The lowest BCUT2D eigenvalue weighted by Crippen LogP contribution is -2.26. The van der Waals surface area contributed by atoms with Crippen LogP contribution in [-0.2, 0) is 13.5 Å². The zero-order valence-electron chi connectivity index (χ0n) is 10.3. The SMILES string of the molecule is Cn1cc(CCC(N)CC(C)(C)C)cn1. The lowest BCUT2D eigenvalue weighted by molar-refractivity contribution is 0.331. The van der Waals surface area contributed by atoms with Crippen LogP contribution in [0.1, 0.15) is 39.2 Å². The molecular weight excluding hydrogens is 186 g/mol. The molecule has 0 radical (unpaired) electrons. The van der Waals surface area contributed by atoms with Gasteiger partial charge < -0.3 is 5.73 Å².